The minimum atomic E-state index is -0.425. The van der Waals surface area contributed by atoms with E-state index in [2.05, 4.69) is 5.32 Å². The quantitative estimate of drug-likeness (QED) is 0.709. The van der Waals surface area contributed by atoms with Crippen molar-refractivity contribution < 1.29 is 19.1 Å². The number of amides is 2. The molecule has 0 bridgehead atoms. The largest absolute Gasteiger partial charge is 0.465 e. The zero-order chi connectivity index (χ0) is 12.7. The predicted octanol–water partition coefficient (Wildman–Crippen LogP) is 0.370. The zero-order valence-corrected chi connectivity index (χ0v) is 10.4. The highest BCUT2D eigenvalue weighted by Crippen LogP contribution is 2.12. The third kappa shape index (κ3) is 5.04. The van der Waals surface area contributed by atoms with Gasteiger partial charge in [0.05, 0.1) is 12.7 Å². The Morgan fingerprint density at radius 2 is 2.29 bits per heavy atom. The summed E-state index contributed by atoms with van der Waals surface area (Å²) in [7, 11) is 1.68. The monoisotopic (exact) mass is 244 g/mol. The molecular weight excluding hydrogens is 224 g/mol. The first-order chi connectivity index (χ1) is 8.13. The summed E-state index contributed by atoms with van der Waals surface area (Å²) in [6.45, 7) is 3.27. The first kappa shape index (κ1) is 13.8. The lowest BCUT2D eigenvalue weighted by molar-refractivity contribution is -0.141. The lowest BCUT2D eigenvalue weighted by Gasteiger charge is -2.20. The van der Waals surface area contributed by atoms with E-state index in [0.29, 0.717) is 13.2 Å². The number of carbonyl (C=O) groups excluding carboxylic acids is 2. The molecule has 0 spiro atoms. The minimum Gasteiger partial charge on any atom is -0.465 e. The molecule has 1 unspecified atom stereocenters. The maximum absolute atomic E-state index is 11.6. The van der Waals surface area contributed by atoms with Gasteiger partial charge in [0.15, 0.2) is 0 Å². The van der Waals surface area contributed by atoms with Gasteiger partial charge in [-0.05, 0) is 19.8 Å². The average molecular weight is 244 g/mol. The third-order valence-electron chi connectivity index (χ3n) is 2.54. The highest BCUT2D eigenvalue weighted by atomic mass is 16.5. The van der Waals surface area contributed by atoms with Crippen molar-refractivity contribution in [3.8, 4) is 0 Å². The first-order valence-corrected chi connectivity index (χ1v) is 5.89. The molecule has 1 aliphatic rings. The SMILES string of the molecule is CCOC(=O)CNC(=O)N(C)CC1CCCO1. The molecule has 2 amide bonds. The Bertz CT molecular complexity index is 264. The summed E-state index contributed by atoms with van der Waals surface area (Å²) >= 11 is 0. The molecule has 0 aliphatic carbocycles. The van der Waals surface area contributed by atoms with Crippen LogP contribution in [0.2, 0.25) is 0 Å². The molecule has 6 heteroatoms. The van der Waals surface area contributed by atoms with Crippen LogP contribution in [0.5, 0.6) is 0 Å². The van der Waals surface area contributed by atoms with Gasteiger partial charge in [-0.25, -0.2) is 4.79 Å². The van der Waals surface area contributed by atoms with Crippen LogP contribution in [0.15, 0.2) is 0 Å². The van der Waals surface area contributed by atoms with Gasteiger partial charge in [0.2, 0.25) is 0 Å². The van der Waals surface area contributed by atoms with Crippen LogP contribution >= 0.6 is 0 Å². The molecule has 1 fully saturated rings. The molecule has 0 aromatic heterocycles. The van der Waals surface area contributed by atoms with E-state index in [-0.39, 0.29) is 18.7 Å². The summed E-state index contributed by atoms with van der Waals surface area (Å²) in [4.78, 5) is 24.1. The fourth-order valence-electron chi connectivity index (χ4n) is 1.67. The Morgan fingerprint density at radius 1 is 1.53 bits per heavy atom. The Morgan fingerprint density at radius 3 is 2.88 bits per heavy atom. The Labute approximate surface area is 101 Å². The number of rotatable bonds is 5. The van der Waals surface area contributed by atoms with Crippen LogP contribution in [0.25, 0.3) is 0 Å². The average Bonchev–Trinajstić information content (AvgIpc) is 2.79. The van der Waals surface area contributed by atoms with Crippen molar-refractivity contribution >= 4 is 12.0 Å². The number of hydrogen-bond donors (Lipinski definition) is 1. The van der Waals surface area contributed by atoms with E-state index in [1.165, 1.54) is 4.90 Å². The maximum Gasteiger partial charge on any atom is 0.325 e. The van der Waals surface area contributed by atoms with Gasteiger partial charge in [0, 0.05) is 20.2 Å². The number of nitrogens with zero attached hydrogens (tertiary/aromatic N) is 1. The van der Waals surface area contributed by atoms with E-state index in [1.54, 1.807) is 14.0 Å². The zero-order valence-electron chi connectivity index (χ0n) is 10.4. The van der Waals surface area contributed by atoms with Crippen molar-refractivity contribution in [2.75, 3.05) is 33.4 Å². The molecule has 1 heterocycles. The summed E-state index contributed by atoms with van der Waals surface area (Å²) < 4.78 is 10.1. The summed E-state index contributed by atoms with van der Waals surface area (Å²) in [5.41, 5.74) is 0. The van der Waals surface area contributed by atoms with Crippen LogP contribution in [0, 0.1) is 0 Å². The summed E-state index contributed by atoms with van der Waals surface area (Å²) in [6.07, 6.45) is 2.15. The van der Waals surface area contributed by atoms with Gasteiger partial charge < -0.3 is 19.7 Å². The highest BCUT2D eigenvalue weighted by Gasteiger charge is 2.20. The van der Waals surface area contributed by atoms with Crippen molar-refractivity contribution in [2.45, 2.75) is 25.9 Å². The van der Waals surface area contributed by atoms with Gasteiger partial charge in [-0.3, -0.25) is 4.79 Å². The van der Waals surface area contributed by atoms with E-state index in [0.717, 1.165) is 19.4 Å². The van der Waals surface area contributed by atoms with Crippen LogP contribution in [0.3, 0.4) is 0 Å². The topological polar surface area (TPSA) is 67.9 Å². The molecule has 1 saturated heterocycles. The molecule has 6 nitrogen and oxygen atoms in total. The fourth-order valence-corrected chi connectivity index (χ4v) is 1.67. The second-order valence-electron chi connectivity index (χ2n) is 3.98. The van der Waals surface area contributed by atoms with Crippen molar-refractivity contribution in [3.05, 3.63) is 0 Å². The van der Waals surface area contributed by atoms with Crippen LogP contribution in [-0.4, -0.2) is 56.4 Å². The molecule has 0 aromatic rings. The molecule has 1 atom stereocenters. The van der Waals surface area contributed by atoms with Gasteiger partial charge >= 0.3 is 12.0 Å². The lowest BCUT2D eigenvalue weighted by Crippen LogP contribution is -2.43. The fraction of sp³-hybridized carbons (Fsp3) is 0.818. The first-order valence-electron chi connectivity index (χ1n) is 5.89. The summed E-state index contributed by atoms with van der Waals surface area (Å²) in [5, 5.41) is 2.50. The predicted molar refractivity (Wildman–Crippen MR) is 61.6 cm³/mol. The van der Waals surface area contributed by atoms with Crippen molar-refractivity contribution in [2.24, 2.45) is 0 Å². The second kappa shape index (κ2) is 7.11. The number of carbonyl (C=O) groups is 2. The Kier molecular flexibility index (Phi) is 5.76. The standard InChI is InChI=1S/C11H20N2O4/c1-3-16-10(14)7-12-11(15)13(2)8-9-5-4-6-17-9/h9H,3-8H2,1-2H3,(H,12,15). The number of ether oxygens (including phenoxy) is 2. The molecule has 98 valence electrons. The van der Waals surface area contributed by atoms with Gasteiger partial charge in [-0.2, -0.15) is 0 Å². The van der Waals surface area contributed by atoms with E-state index in [1.807, 2.05) is 0 Å². The Balaban J connectivity index is 2.19. The highest BCUT2D eigenvalue weighted by molar-refractivity contribution is 5.80. The molecule has 17 heavy (non-hydrogen) atoms. The lowest BCUT2D eigenvalue weighted by atomic mass is 10.2. The van der Waals surface area contributed by atoms with Gasteiger partial charge in [-0.1, -0.05) is 0 Å². The summed E-state index contributed by atoms with van der Waals surface area (Å²) in [6, 6.07) is -0.284. The van der Waals surface area contributed by atoms with E-state index in [4.69, 9.17) is 9.47 Å². The van der Waals surface area contributed by atoms with Gasteiger partial charge in [-0.15, -0.1) is 0 Å². The number of esters is 1. The van der Waals surface area contributed by atoms with Crippen LogP contribution in [0.4, 0.5) is 4.79 Å². The van der Waals surface area contributed by atoms with Crippen molar-refractivity contribution in [1.29, 1.82) is 0 Å². The third-order valence-corrected chi connectivity index (χ3v) is 2.54. The van der Waals surface area contributed by atoms with Crippen LogP contribution in [-0.2, 0) is 14.3 Å². The van der Waals surface area contributed by atoms with E-state index >= 15 is 0 Å². The molecular formula is C11H20N2O4. The van der Waals surface area contributed by atoms with Gasteiger partial charge in [0.1, 0.15) is 6.54 Å². The smallest absolute Gasteiger partial charge is 0.325 e. The Hall–Kier alpha value is -1.30. The van der Waals surface area contributed by atoms with E-state index < -0.39 is 5.97 Å². The molecule has 0 radical (unpaired) electrons. The second-order valence-corrected chi connectivity index (χ2v) is 3.98. The van der Waals surface area contributed by atoms with Crippen LogP contribution in [0.1, 0.15) is 19.8 Å². The molecule has 0 saturated carbocycles. The molecule has 0 aromatic carbocycles. The maximum atomic E-state index is 11.6. The normalized spacial score (nSPS) is 18.8. The molecule has 1 aliphatic heterocycles. The number of nitrogens with one attached hydrogen (secondary N) is 1. The summed E-state index contributed by atoms with van der Waals surface area (Å²) in [5.74, 6) is -0.425. The van der Waals surface area contributed by atoms with Crippen LogP contribution < -0.4 is 5.32 Å². The minimum absolute atomic E-state index is 0.0947. The van der Waals surface area contributed by atoms with Crippen molar-refractivity contribution in [3.63, 3.8) is 0 Å². The molecule has 1 rings (SSSR count). The molecule has 1 N–H and O–H groups in total. The number of hydrogen-bond acceptors (Lipinski definition) is 4. The van der Waals surface area contributed by atoms with Crippen molar-refractivity contribution in [1.82, 2.24) is 10.2 Å². The number of urea groups is 1. The number of likely N-dealkylation sites (N-methyl/N-ethyl adjacent to an activating group) is 1. The van der Waals surface area contributed by atoms with Gasteiger partial charge in [0.25, 0.3) is 0 Å². The van der Waals surface area contributed by atoms with E-state index in [9.17, 15) is 9.59 Å².